The minimum absolute atomic E-state index is 0. The molecule has 0 bridgehead atoms. The van der Waals surface area contributed by atoms with Crippen LogP contribution in [0.2, 0.25) is 0 Å². The van der Waals surface area contributed by atoms with Crippen LogP contribution in [-0.4, -0.2) is 44.2 Å². The van der Waals surface area contributed by atoms with Crippen LogP contribution < -0.4 is 10.6 Å². The number of ether oxygens (including phenoxy) is 1. The van der Waals surface area contributed by atoms with Crippen molar-refractivity contribution < 1.29 is 9.53 Å². The molecule has 132 valence electrons. The number of hydrogen-bond donors (Lipinski definition) is 2. The maximum Gasteiger partial charge on any atom is 0.220 e. The molecule has 23 heavy (non-hydrogen) atoms. The molecule has 1 amide bonds. The highest BCUT2D eigenvalue weighted by molar-refractivity contribution is 5.85. The van der Waals surface area contributed by atoms with Gasteiger partial charge in [0.1, 0.15) is 0 Å². The van der Waals surface area contributed by atoms with E-state index in [1.165, 1.54) is 0 Å². The smallest absolute Gasteiger partial charge is 0.220 e. The van der Waals surface area contributed by atoms with Crippen molar-refractivity contribution in [1.29, 1.82) is 0 Å². The summed E-state index contributed by atoms with van der Waals surface area (Å²) in [6.45, 7) is 3.39. The number of rotatable bonds is 7. The third-order valence-corrected chi connectivity index (χ3v) is 4.11. The first-order chi connectivity index (χ1) is 10.2. The van der Waals surface area contributed by atoms with Gasteiger partial charge in [0.05, 0.1) is 6.61 Å². The topological polar surface area (TPSA) is 63.2 Å². The van der Waals surface area contributed by atoms with E-state index in [1.807, 2.05) is 18.2 Å². The molecular formula is C16H27Cl2N3O2. The molecule has 0 saturated carbocycles. The first kappa shape index (κ1) is 22.1. The SMILES string of the molecule is COCC1(CNC(=O)CCc2ccccn2)CCNCC1.Cl.Cl. The van der Waals surface area contributed by atoms with Gasteiger partial charge in [0.2, 0.25) is 5.91 Å². The van der Waals surface area contributed by atoms with Crippen LogP contribution in [-0.2, 0) is 16.0 Å². The summed E-state index contributed by atoms with van der Waals surface area (Å²) >= 11 is 0. The molecule has 2 N–H and O–H groups in total. The van der Waals surface area contributed by atoms with Gasteiger partial charge in [0.25, 0.3) is 0 Å². The maximum atomic E-state index is 12.0. The fourth-order valence-electron chi connectivity index (χ4n) is 2.80. The second kappa shape index (κ2) is 11.6. The van der Waals surface area contributed by atoms with Crippen molar-refractivity contribution in [3.8, 4) is 0 Å². The molecule has 7 heteroatoms. The van der Waals surface area contributed by atoms with Gasteiger partial charge in [-0.15, -0.1) is 24.8 Å². The highest BCUT2D eigenvalue weighted by Gasteiger charge is 2.32. The zero-order valence-electron chi connectivity index (χ0n) is 13.5. The largest absolute Gasteiger partial charge is 0.384 e. The lowest BCUT2D eigenvalue weighted by Crippen LogP contribution is -2.47. The number of piperidine rings is 1. The Balaban J connectivity index is 0.00000242. The van der Waals surface area contributed by atoms with Gasteiger partial charge in [0, 0.05) is 37.4 Å². The van der Waals surface area contributed by atoms with Crippen molar-refractivity contribution in [2.45, 2.75) is 25.7 Å². The number of amides is 1. The highest BCUT2D eigenvalue weighted by Crippen LogP contribution is 2.28. The van der Waals surface area contributed by atoms with E-state index in [9.17, 15) is 4.79 Å². The van der Waals surface area contributed by atoms with E-state index in [0.717, 1.165) is 31.6 Å². The molecule has 0 atom stereocenters. The van der Waals surface area contributed by atoms with Crippen LogP contribution in [0.25, 0.3) is 0 Å². The van der Waals surface area contributed by atoms with Crippen molar-refractivity contribution in [2.75, 3.05) is 33.4 Å². The van der Waals surface area contributed by atoms with E-state index < -0.39 is 0 Å². The molecule has 1 aromatic rings. The van der Waals surface area contributed by atoms with Crippen molar-refractivity contribution in [2.24, 2.45) is 5.41 Å². The van der Waals surface area contributed by atoms with Crippen LogP contribution >= 0.6 is 24.8 Å². The summed E-state index contributed by atoms with van der Waals surface area (Å²) in [5.41, 5.74) is 1.04. The van der Waals surface area contributed by atoms with Crippen molar-refractivity contribution in [3.63, 3.8) is 0 Å². The summed E-state index contributed by atoms with van der Waals surface area (Å²) in [6, 6.07) is 5.78. The number of aromatic nitrogens is 1. The molecule has 5 nitrogen and oxygen atoms in total. The standard InChI is InChI=1S/C16H25N3O2.2ClH/c1-21-13-16(7-10-17-11-8-16)12-19-15(20)6-5-14-4-2-3-9-18-14;;/h2-4,9,17H,5-8,10-13H2,1H3,(H,19,20);2*1H. The van der Waals surface area contributed by atoms with Crippen LogP contribution in [0.3, 0.4) is 0 Å². The summed E-state index contributed by atoms with van der Waals surface area (Å²) in [7, 11) is 1.73. The fourth-order valence-corrected chi connectivity index (χ4v) is 2.80. The molecule has 0 aliphatic carbocycles. The van der Waals surface area contributed by atoms with Gasteiger partial charge in [-0.05, 0) is 44.5 Å². The Kier molecular flexibility index (Phi) is 11.2. The molecule has 0 unspecified atom stereocenters. The van der Waals surface area contributed by atoms with Gasteiger partial charge in [-0.3, -0.25) is 9.78 Å². The van der Waals surface area contributed by atoms with Crippen molar-refractivity contribution in [3.05, 3.63) is 30.1 Å². The minimum atomic E-state index is 0. The van der Waals surface area contributed by atoms with Crippen LogP contribution in [0.5, 0.6) is 0 Å². The van der Waals surface area contributed by atoms with Crippen molar-refractivity contribution in [1.82, 2.24) is 15.6 Å². The van der Waals surface area contributed by atoms with Crippen LogP contribution in [0.15, 0.2) is 24.4 Å². The Morgan fingerprint density at radius 2 is 2.09 bits per heavy atom. The summed E-state index contributed by atoms with van der Waals surface area (Å²) in [5, 5.41) is 6.43. The predicted octanol–water partition coefficient (Wildman–Crippen LogP) is 1.99. The molecule has 2 rings (SSSR count). The Hall–Kier alpha value is -0.880. The van der Waals surface area contributed by atoms with E-state index in [-0.39, 0.29) is 36.1 Å². The average Bonchev–Trinajstić information content (AvgIpc) is 2.53. The molecule has 0 aromatic carbocycles. The highest BCUT2D eigenvalue weighted by atomic mass is 35.5. The first-order valence-electron chi connectivity index (χ1n) is 7.60. The molecule has 0 radical (unpaired) electrons. The number of carbonyl (C=O) groups is 1. The number of nitrogens with one attached hydrogen (secondary N) is 2. The number of halogens is 2. The third-order valence-electron chi connectivity index (χ3n) is 4.11. The second-order valence-electron chi connectivity index (χ2n) is 5.78. The monoisotopic (exact) mass is 363 g/mol. The molecule has 1 aliphatic rings. The zero-order valence-corrected chi connectivity index (χ0v) is 15.2. The Labute approximate surface area is 150 Å². The normalized spacial score (nSPS) is 15.9. The Bertz CT molecular complexity index is 435. The number of pyridine rings is 1. The van der Waals surface area contributed by atoms with E-state index >= 15 is 0 Å². The van der Waals surface area contributed by atoms with Gasteiger partial charge < -0.3 is 15.4 Å². The number of carbonyl (C=O) groups excluding carboxylic acids is 1. The van der Waals surface area contributed by atoms with Crippen LogP contribution in [0.4, 0.5) is 0 Å². The molecule has 1 fully saturated rings. The van der Waals surface area contributed by atoms with Gasteiger partial charge >= 0.3 is 0 Å². The quantitative estimate of drug-likeness (QED) is 0.777. The molecule has 1 saturated heterocycles. The molecule has 2 heterocycles. The molecule has 1 aromatic heterocycles. The summed E-state index contributed by atoms with van der Waals surface area (Å²) in [6.07, 6.45) is 5.02. The maximum absolute atomic E-state index is 12.0. The second-order valence-corrected chi connectivity index (χ2v) is 5.78. The number of hydrogen-bond acceptors (Lipinski definition) is 4. The average molecular weight is 364 g/mol. The van der Waals surface area contributed by atoms with Crippen LogP contribution in [0, 0.1) is 5.41 Å². The fraction of sp³-hybridized carbons (Fsp3) is 0.625. The lowest BCUT2D eigenvalue weighted by atomic mass is 9.79. The van der Waals surface area contributed by atoms with E-state index in [1.54, 1.807) is 13.3 Å². The number of nitrogens with zero attached hydrogens (tertiary/aromatic N) is 1. The lowest BCUT2D eigenvalue weighted by Gasteiger charge is -2.37. The van der Waals surface area contributed by atoms with E-state index in [4.69, 9.17) is 4.74 Å². The number of aryl methyl sites for hydroxylation is 1. The molecule has 0 spiro atoms. The predicted molar refractivity (Wildman–Crippen MR) is 96.5 cm³/mol. The van der Waals surface area contributed by atoms with Gasteiger partial charge in [0.15, 0.2) is 0 Å². The Morgan fingerprint density at radius 3 is 2.70 bits per heavy atom. The number of methoxy groups -OCH3 is 1. The zero-order chi connectivity index (χ0) is 15.0. The van der Waals surface area contributed by atoms with E-state index in [0.29, 0.717) is 26.0 Å². The van der Waals surface area contributed by atoms with Gasteiger partial charge in [-0.1, -0.05) is 6.07 Å². The lowest BCUT2D eigenvalue weighted by molar-refractivity contribution is -0.122. The minimum Gasteiger partial charge on any atom is -0.384 e. The molecular weight excluding hydrogens is 337 g/mol. The van der Waals surface area contributed by atoms with Gasteiger partial charge in [-0.25, -0.2) is 0 Å². The summed E-state index contributed by atoms with van der Waals surface area (Å²) < 4.78 is 5.36. The summed E-state index contributed by atoms with van der Waals surface area (Å²) in [4.78, 5) is 16.2. The first-order valence-corrected chi connectivity index (χ1v) is 7.60. The third kappa shape index (κ3) is 7.48. The molecule has 1 aliphatic heterocycles. The summed E-state index contributed by atoms with van der Waals surface area (Å²) in [5.74, 6) is 0.0923. The van der Waals surface area contributed by atoms with Crippen molar-refractivity contribution >= 4 is 30.7 Å². The van der Waals surface area contributed by atoms with E-state index in [2.05, 4.69) is 15.6 Å². The van der Waals surface area contributed by atoms with Crippen LogP contribution in [0.1, 0.15) is 25.0 Å². The Morgan fingerprint density at radius 1 is 1.35 bits per heavy atom. The van der Waals surface area contributed by atoms with Gasteiger partial charge in [-0.2, -0.15) is 0 Å².